The minimum Gasteiger partial charge on any atom is -0.462 e. The van der Waals surface area contributed by atoms with Crippen LogP contribution in [0, 0.1) is 23.2 Å². The van der Waals surface area contributed by atoms with Crippen LogP contribution >= 0.6 is 22.9 Å². The van der Waals surface area contributed by atoms with Crippen molar-refractivity contribution in [1.29, 1.82) is 0 Å². The number of nitrogens with zero attached hydrogens (tertiary/aromatic N) is 1. The zero-order chi connectivity index (χ0) is 19.1. The zero-order valence-corrected chi connectivity index (χ0v) is 17.4. The first-order valence-electron chi connectivity index (χ1n) is 10.2. The summed E-state index contributed by atoms with van der Waals surface area (Å²) in [5.74, 6) is 2.44. The Morgan fingerprint density at radius 3 is 2.36 bits per heavy atom. The van der Waals surface area contributed by atoms with E-state index in [-0.39, 0.29) is 11.4 Å². The molecule has 4 fully saturated rings. The van der Waals surface area contributed by atoms with Crippen LogP contribution in [-0.4, -0.2) is 17.6 Å². The number of nitrogens with one attached hydrogen (secondary N) is 1. The zero-order valence-electron chi connectivity index (χ0n) is 15.8. The topological polar surface area (TPSA) is 51.2 Å². The first kappa shape index (κ1) is 18.4. The number of rotatable bonds is 6. The first-order valence-corrected chi connectivity index (χ1v) is 11.4. The molecule has 1 aromatic heterocycles. The molecule has 4 nitrogen and oxygen atoms in total. The van der Waals surface area contributed by atoms with Crippen molar-refractivity contribution in [3.8, 4) is 0 Å². The fourth-order valence-corrected chi connectivity index (χ4v) is 6.97. The van der Waals surface area contributed by atoms with Crippen LogP contribution in [0.25, 0.3) is 0 Å². The number of esters is 1. The molecule has 6 rings (SSSR count). The van der Waals surface area contributed by atoms with Crippen LogP contribution in [0.15, 0.2) is 30.5 Å². The molecule has 28 heavy (non-hydrogen) atoms. The molecule has 1 aromatic carbocycles. The molecule has 0 saturated heterocycles. The second-order valence-corrected chi connectivity index (χ2v) is 10.7. The third-order valence-electron chi connectivity index (χ3n) is 6.79. The van der Waals surface area contributed by atoms with E-state index in [0.29, 0.717) is 23.2 Å². The Morgan fingerprint density at radius 2 is 1.79 bits per heavy atom. The van der Waals surface area contributed by atoms with Crippen LogP contribution < -0.4 is 5.32 Å². The van der Waals surface area contributed by atoms with E-state index in [0.717, 1.165) is 28.3 Å². The van der Waals surface area contributed by atoms with Crippen LogP contribution in [-0.2, 0) is 11.3 Å². The summed E-state index contributed by atoms with van der Waals surface area (Å²) < 4.78 is 6.35. The second kappa shape index (κ2) is 7.34. The Hall–Kier alpha value is -1.59. The molecule has 0 unspecified atom stereocenters. The molecule has 0 aliphatic heterocycles. The Morgan fingerprint density at radius 1 is 1.14 bits per heavy atom. The van der Waals surface area contributed by atoms with E-state index >= 15 is 0 Å². The molecule has 4 bridgehead atoms. The van der Waals surface area contributed by atoms with Crippen LogP contribution in [0.3, 0.4) is 0 Å². The maximum absolute atomic E-state index is 12.6. The molecule has 2 aromatic rings. The molecule has 1 heterocycles. The lowest BCUT2D eigenvalue weighted by molar-refractivity contribution is -0.0848. The lowest BCUT2D eigenvalue weighted by atomic mass is 9.50. The van der Waals surface area contributed by atoms with Gasteiger partial charge in [0.15, 0.2) is 4.47 Å². The summed E-state index contributed by atoms with van der Waals surface area (Å²) in [4.78, 5) is 17.7. The van der Waals surface area contributed by atoms with Crippen molar-refractivity contribution in [2.75, 3.05) is 11.9 Å². The van der Waals surface area contributed by atoms with Crippen molar-refractivity contribution in [2.24, 2.45) is 23.2 Å². The predicted molar refractivity (Wildman–Crippen MR) is 112 cm³/mol. The van der Waals surface area contributed by atoms with Gasteiger partial charge in [0.25, 0.3) is 0 Å². The second-order valence-electron chi connectivity index (χ2n) is 9.00. The summed E-state index contributed by atoms with van der Waals surface area (Å²) in [5.41, 5.74) is 1.85. The minimum atomic E-state index is -0.198. The molecule has 4 aliphatic rings. The highest BCUT2D eigenvalue weighted by Gasteiger charge is 2.51. The van der Waals surface area contributed by atoms with Gasteiger partial charge in [0.05, 0.1) is 18.7 Å². The van der Waals surface area contributed by atoms with Crippen LogP contribution in [0.2, 0.25) is 4.47 Å². The normalized spacial score (nSPS) is 30.4. The van der Waals surface area contributed by atoms with Gasteiger partial charge in [0.1, 0.15) is 0 Å². The lowest BCUT2D eigenvalue weighted by Gasteiger charge is -2.56. The van der Waals surface area contributed by atoms with Gasteiger partial charge in [0, 0.05) is 22.2 Å². The molecule has 4 saturated carbocycles. The van der Waals surface area contributed by atoms with E-state index < -0.39 is 0 Å². The van der Waals surface area contributed by atoms with Crippen molar-refractivity contribution in [3.05, 3.63) is 45.4 Å². The SMILES string of the molecule is O=C(OCC12CC3CC(CC(C3)C1)C2)c1ccc(NCc2cnc(Cl)s2)cc1. The van der Waals surface area contributed by atoms with Crippen molar-refractivity contribution in [2.45, 2.75) is 45.1 Å². The molecule has 1 N–H and O–H groups in total. The summed E-state index contributed by atoms with van der Waals surface area (Å²) in [6.07, 6.45) is 9.79. The Labute approximate surface area is 174 Å². The molecular formula is C22H25ClN2O2S. The van der Waals surface area contributed by atoms with E-state index in [1.54, 1.807) is 6.20 Å². The average molecular weight is 417 g/mol. The summed E-state index contributed by atoms with van der Waals surface area (Å²) in [6.45, 7) is 1.27. The molecule has 148 valence electrons. The minimum absolute atomic E-state index is 0.198. The number of aromatic nitrogens is 1. The number of thiazole rings is 1. The van der Waals surface area contributed by atoms with Crippen molar-refractivity contribution < 1.29 is 9.53 Å². The van der Waals surface area contributed by atoms with Crippen molar-refractivity contribution in [3.63, 3.8) is 0 Å². The van der Waals surface area contributed by atoms with E-state index in [1.807, 2.05) is 24.3 Å². The molecule has 0 spiro atoms. The number of carbonyl (C=O) groups is 1. The van der Waals surface area contributed by atoms with Gasteiger partial charge in [-0.3, -0.25) is 0 Å². The molecule has 4 aliphatic carbocycles. The van der Waals surface area contributed by atoms with E-state index in [2.05, 4.69) is 10.3 Å². The van der Waals surface area contributed by atoms with Gasteiger partial charge in [-0.15, -0.1) is 11.3 Å². The maximum atomic E-state index is 12.6. The lowest BCUT2D eigenvalue weighted by Crippen LogP contribution is -2.48. The van der Waals surface area contributed by atoms with Gasteiger partial charge < -0.3 is 10.1 Å². The fourth-order valence-electron chi connectivity index (χ4n) is 6.05. The van der Waals surface area contributed by atoms with Gasteiger partial charge >= 0.3 is 5.97 Å². The number of halogens is 1. The molecule has 0 amide bonds. The van der Waals surface area contributed by atoms with E-state index in [9.17, 15) is 4.79 Å². The number of hydrogen-bond donors (Lipinski definition) is 1. The van der Waals surface area contributed by atoms with Crippen molar-refractivity contribution >= 4 is 34.6 Å². The number of anilines is 1. The van der Waals surface area contributed by atoms with Gasteiger partial charge in [-0.2, -0.15) is 0 Å². The van der Waals surface area contributed by atoms with Gasteiger partial charge in [-0.1, -0.05) is 11.6 Å². The summed E-state index contributed by atoms with van der Waals surface area (Å²) >= 11 is 7.32. The van der Waals surface area contributed by atoms with Gasteiger partial charge in [0.2, 0.25) is 0 Å². The van der Waals surface area contributed by atoms with Crippen LogP contribution in [0.4, 0.5) is 5.69 Å². The van der Waals surface area contributed by atoms with E-state index in [4.69, 9.17) is 16.3 Å². The summed E-state index contributed by atoms with van der Waals surface area (Å²) in [6, 6.07) is 7.52. The van der Waals surface area contributed by atoms with Gasteiger partial charge in [-0.25, -0.2) is 9.78 Å². The third kappa shape index (κ3) is 3.79. The maximum Gasteiger partial charge on any atom is 0.338 e. The van der Waals surface area contributed by atoms with Gasteiger partial charge in [-0.05, 0) is 80.5 Å². The number of benzene rings is 1. The highest BCUT2D eigenvalue weighted by molar-refractivity contribution is 7.15. The van der Waals surface area contributed by atoms with Crippen LogP contribution in [0.1, 0.15) is 53.8 Å². The Kier molecular flexibility index (Phi) is 4.84. The average Bonchev–Trinajstić information content (AvgIpc) is 3.09. The Balaban J connectivity index is 1.16. The van der Waals surface area contributed by atoms with Crippen molar-refractivity contribution in [1.82, 2.24) is 4.98 Å². The highest BCUT2D eigenvalue weighted by atomic mass is 35.5. The molecular weight excluding hydrogens is 392 g/mol. The summed E-state index contributed by atoms with van der Waals surface area (Å²) in [7, 11) is 0. The van der Waals surface area contributed by atoms with Crippen LogP contribution in [0.5, 0.6) is 0 Å². The Bertz CT molecular complexity index is 828. The smallest absolute Gasteiger partial charge is 0.338 e. The fraction of sp³-hybridized carbons (Fsp3) is 0.545. The van der Waals surface area contributed by atoms with E-state index in [1.165, 1.54) is 49.9 Å². The molecule has 0 atom stereocenters. The highest BCUT2D eigenvalue weighted by Crippen LogP contribution is 2.60. The third-order valence-corrected chi connectivity index (χ3v) is 7.90. The standard InChI is InChI=1S/C22H25ClN2O2S/c23-21-25-12-19(28-21)11-24-18-3-1-17(2-4-18)20(26)27-13-22-8-14-5-15(9-22)7-16(6-14)10-22/h1-4,12,14-16,24H,5-11,13H2. The number of hydrogen-bond acceptors (Lipinski definition) is 5. The summed E-state index contributed by atoms with van der Waals surface area (Å²) in [5, 5.41) is 3.32. The predicted octanol–water partition coefficient (Wildman–Crippen LogP) is 5.78. The first-order chi connectivity index (χ1) is 13.6. The number of carbonyl (C=O) groups excluding carboxylic acids is 1. The quantitative estimate of drug-likeness (QED) is 0.606. The number of ether oxygens (including phenoxy) is 1. The monoisotopic (exact) mass is 416 g/mol. The largest absolute Gasteiger partial charge is 0.462 e. The molecule has 6 heteroatoms. The molecule has 0 radical (unpaired) electrons.